The SMILES string of the molecule is CCN1CCO[C@@H](CNC(=O)c2cccc(C(=O)O)c2)[C@@H]1c1cnn(C)c1. The molecule has 3 rings (SSSR count). The lowest BCUT2D eigenvalue weighted by atomic mass is 10.0. The summed E-state index contributed by atoms with van der Waals surface area (Å²) in [5, 5.41) is 16.2. The third-order valence-electron chi connectivity index (χ3n) is 4.76. The molecule has 1 aliphatic heterocycles. The highest BCUT2D eigenvalue weighted by atomic mass is 16.5. The van der Waals surface area contributed by atoms with Crippen LogP contribution in [0.5, 0.6) is 0 Å². The van der Waals surface area contributed by atoms with Crippen LogP contribution in [0.4, 0.5) is 0 Å². The number of likely N-dealkylation sites (N-methyl/N-ethyl adjacent to an activating group) is 1. The minimum atomic E-state index is -1.06. The van der Waals surface area contributed by atoms with Crippen molar-refractivity contribution in [3.8, 4) is 0 Å². The molecule has 1 aromatic carbocycles. The number of benzene rings is 1. The summed E-state index contributed by atoms with van der Waals surface area (Å²) in [4.78, 5) is 25.9. The standard InChI is InChI=1S/C19H24N4O4/c1-3-23-7-8-27-16(17(23)15-10-21-22(2)12-15)11-20-18(24)13-5-4-6-14(9-13)19(25)26/h4-6,9-10,12,16-17H,3,7-8,11H2,1-2H3,(H,20,24)(H,25,26)/t16-,17-/m0/s1. The molecule has 8 heteroatoms. The van der Waals surface area contributed by atoms with Gasteiger partial charge in [-0.05, 0) is 24.7 Å². The van der Waals surface area contributed by atoms with Crippen molar-refractivity contribution >= 4 is 11.9 Å². The van der Waals surface area contributed by atoms with Gasteiger partial charge in [0.05, 0.1) is 30.5 Å². The average Bonchev–Trinajstić information content (AvgIpc) is 3.11. The summed E-state index contributed by atoms with van der Waals surface area (Å²) in [5.41, 5.74) is 1.45. The van der Waals surface area contributed by atoms with Crippen molar-refractivity contribution in [2.24, 2.45) is 7.05 Å². The van der Waals surface area contributed by atoms with Crippen molar-refractivity contribution in [3.05, 3.63) is 53.3 Å². The van der Waals surface area contributed by atoms with Crippen molar-refractivity contribution in [2.45, 2.75) is 19.1 Å². The van der Waals surface area contributed by atoms with Gasteiger partial charge in [-0.2, -0.15) is 5.10 Å². The van der Waals surface area contributed by atoms with Gasteiger partial charge in [0.25, 0.3) is 5.91 Å². The lowest BCUT2D eigenvalue weighted by Gasteiger charge is -2.40. The molecule has 1 aliphatic rings. The third-order valence-corrected chi connectivity index (χ3v) is 4.76. The number of carboxylic acids is 1. The van der Waals surface area contributed by atoms with E-state index in [4.69, 9.17) is 9.84 Å². The summed E-state index contributed by atoms with van der Waals surface area (Å²) < 4.78 is 7.70. The van der Waals surface area contributed by atoms with E-state index in [1.165, 1.54) is 12.1 Å². The maximum absolute atomic E-state index is 12.5. The summed E-state index contributed by atoms with van der Waals surface area (Å²) in [6.45, 7) is 4.71. The number of rotatable bonds is 6. The second-order valence-electron chi connectivity index (χ2n) is 6.53. The molecule has 0 radical (unpaired) electrons. The molecular formula is C19H24N4O4. The van der Waals surface area contributed by atoms with Crippen LogP contribution in [-0.2, 0) is 11.8 Å². The number of hydrogen-bond donors (Lipinski definition) is 2. The van der Waals surface area contributed by atoms with Crippen molar-refractivity contribution in [1.29, 1.82) is 0 Å². The van der Waals surface area contributed by atoms with E-state index in [0.29, 0.717) is 18.7 Å². The highest BCUT2D eigenvalue weighted by molar-refractivity contribution is 5.97. The number of nitrogens with one attached hydrogen (secondary N) is 1. The summed E-state index contributed by atoms with van der Waals surface area (Å²) >= 11 is 0. The Morgan fingerprint density at radius 1 is 1.37 bits per heavy atom. The van der Waals surface area contributed by atoms with Crippen molar-refractivity contribution in [3.63, 3.8) is 0 Å². The quantitative estimate of drug-likeness (QED) is 0.794. The molecule has 2 heterocycles. The Labute approximate surface area is 157 Å². The van der Waals surface area contributed by atoms with E-state index in [1.54, 1.807) is 16.8 Å². The molecule has 1 fully saturated rings. The first-order valence-electron chi connectivity index (χ1n) is 8.95. The van der Waals surface area contributed by atoms with E-state index < -0.39 is 5.97 Å². The summed E-state index contributed by atoms with van der Waals surface area (Å²) in [6.07, 6.45) is 3.58. The Hall–Kier alpha value is -2.71. The Bertz CT molecular complexity index is 820. The van der Waals surface area contributed by atoms with Gasteiger partial charge in [-0.3, -0.25) is 14.4 Å². The lowest BCUT2D eigenvalue weighted by Crippen LogP contribution is -2.49. The minimum absolute atomic E-state index is 0.00287. The predicted octanol–water partition coefficient (Wildman–Crippen LogP) is 1.31. The van der Waals surface area contributed by atoms with E-state index in [9.17, 15) is 9.59 Å². The molecule has 0 bridgehead atoms. The number of carboxylic acid groups (broad SMARTS) is 1. The smallest absolute Gasteiger partial charge is 0.335 e. The van der Waals surface area contributed by atoms with Crippen LogP contribution in [0.2, 0.25) is 0 Å². The molecule has 0 spiro atoms. The van der Waals surface area contributed by atoms with E-state index in [0.717, 1.165) is 18.7 Å². The van der Waals surface area contributed by atoms with Gasteiger partial charge in [0.2, 0.25) is 0 Å². The first-order chi connectivity index (χ1) is 13.0. The second kappa shape index (κ2) is 8.32. The lowest BCUT2D eigenvalue weighted by molar-refractivity contribution is -0.0685. The van der Waals surface area contributed by atoms with Crippen LogP contribution in [0.15, 0.2) is 36.7 Å². The number of ether oxygens (including phenoxy) is 1. The highest BCUT2D eigenvalue weighted by Crippen LogP contribution is 2.28. The first-order valence-corrected chi connectivity index (χ1v) is 8.95. The Morgan fingerprint density at radius 2 is 2.15 bits per heavy atom. The van der Waals surface area contributed by atoms with Gasteiger partial charge >= 0.3 is 5.97 Å². The van der Waals surface area contributed by atoms with Gasteiger partial charge in [0, 0.05) is 37.5 Å². The van der Waals surface area contributed by atoms with E-state index >= 15 is 0 Å². The normalized spacial score (nSPS) is 20.4. The monoisotopic (exact) mass is 372 g/mol. The van der Waals surface area contributed by atoms with Crippen LogP contribution in [-0.4, -0.2) is 64.0 Å². The van der Waals surface area contributed by atoms with Gasteiger partial charge < -0.3 is 15.2 Å². The predicted molar refractivity (Wildman–Crippen MR) is 98.7 cm³/mol. The van der Waals surface area contributed by atoms with E-state index in [2.05, 4.69) is 22.2 Å². The number of aryl methyl sites for hydroxylation is 1. The maximum atomic E-state index is 12.5. The number of aromatic nitrogens is 2. The topological polar surface area (TPSA) is 96.7 Å². The molecule has 1 saturated heterocycles. The van der Waals surface area contributed by atoms with Crippen LogP contribution in [0.1, 0.15) is 39.2 Å². The summed E-state index contributed by atoms with van der Waals surface area (Å²) in [5.74, 6) is -1.38. The average molecular weight is 372 g/mol. The van der Waals surface area contributed by atoms with Crippen molar-refractivity contribution < 1.29 is 19.4 Å². The van der Waals surface area contributed by atoms with E-state index in [1.807, 2.05) is 19.4 Å². The molecular weight excluding hydrogens is 348 g/mol. The zero-order valence-electron chi connectivity index (χ0n) is 15.5. The summed E-state index contributed by atoms with van der Waals surface area (Å²) in [7, 11) is 1.87. The fourth-order valence-electron chi connectivity index (χ4n) is 3.42. The Morgan fingerprint density at radius 3 is 2.81 bits per heavy atom. The second-order valence-corrected chi connectivity index (χ2v) is 6.53. The molecule has 144 valence electrons. The Balaban J connectivity index is 1.72. The number of hydrogen-bond acceptors (Lipinski definition) is 5. The number of aromatic carboxylic acids is 1. The molecule has 0 unspecified atom stereocenters. The van der Waals surface area contributed by atoms with Gasteiger partial charge in [-0.15, -0.1) is 0 Å². The molecule has 2 aromatic rings. The number of amides is 1. The van der Waals surface area contributed by atoms with Crippen molar-refractivity contribution in [2.75, 3.05) is 26.2 Å². The Kier molecular flexibility index (Phi) is 5.88. The number of nitrogens with zero attached hydrogens (tertiary/aromatic N) is 3. The van der Waals surface area contributed by atoms with Crippen LogP contribution in [0, 0.1) is 0 Å². The number of carbonyl (C=O) groups excluding carboxylic acids is 1. The largest absolute Gasteiger partial charge is 0.478 e. The molecule has 1 aromatic heterocycles. The van der Waals surface area contributed by atoms with Gasteiger partial charge in [0.1, 0.15) is 0 Å². The third kappa shape index (κ3) is 4.35. The molecule has 2 N–H and O–H groups in total. The minimum Gasteiger partial charge on any atom is -0.478 e. The molecule has 0 saturated carbocycles. The first kappa shape index (κ1) is 19.1. The van der Waals surface area contributed by atoms with Gasteiger partial charge in [-0.1, -0.05) is 13.0 Å². The summed E-state index contributed by atoms with van der Waals surface area (Å²) in [6, 6.07) is 5.99. The molecule has 27 heavy (non-hydrogen) atoms. The zero-order chi connectivity index (χ0) is 19.4. The van der Waals surface area contributed by atoms with Crippen LogP contribution < -0.4 is 5.32 Å². The highest BCUT2D eigenvalue weighted by Gasteiger charge is 2.33. The number of carbonyl (C=O) groups is 2. The molecule has 0 aliphatic carbocycles. The van der Waals surface area contributed by atoms with Crippen molar-refractivity contribution in [1.82, 2.24) is 20.0 Å². The van der Waals surface area contributed by atoms with Crippen LogP contribution in [0.3, 0.4) is 0 Å². The molecule has 8 nitrogen and oxygen atoms in total. The molecule has 1 amide bonds. The van der Waals surface area contributed by atoms with Crippen LogP contribution in [0.25, 0.3) is 0 Å². The van der Waals surface area contributed by atoms with Gasteiger partial charge in [0.15, 0.2) is 0 Å². The molecule has 2 atom stereocenters. The van der Waals surface area contributed by atoms with Gasteiger partial charge in [-0.25, -0.2) is 4.79 Å². The van der Waals surface area contributed by atoms with E-state index in [-0.39, 0.29) is 23.6 Å². The number of morpholine rings is 1. The zero-order valence-corrected chi connectivity index (χ0v) is 15.5. The fourth-order valence-corrected chi connectivity index (χ4v) is 3.42. The maximum Gasteiger partial charge on any atom is 0.335 e. The van der Waals surface area contributed by atoms with Crippen LogP contribution >= 0.6 is 0 Å². The fraction of sp³-hybridized carbons (Fsp3) is 0.421.